The van der Waals surface area contributed by atoms with Gasteiger partial charge in [-0.05, 0) is 6.92 Å². The van der Waals surface area contributed by atoms with Crippen LogP contribution in [-0.4, -0.2) is 76.6 Å². The minimum atomic E-state index is -1.47. The molecule has 0 aromatic heterocycles. The van der Waals surface area contributed by atoms with Crippen molar-refractivity contribution in [3.8, 4) is 0 Å². The van der Waals surface area contributed by atoms with E-state index in [-0.39, 0.29) is 13.2 Å². The predicted molar refractivity (Wildman–Crippen MR) is 84.3 cm³/mol. The molecular formula is C17H24O8. The average Bonchev–Trinajstić information content (AvgIpc) is 2.64. The lowest BCUT2D eigenvalue weighted by molar-refractivity contribution is -0.364. The first-order chi connectivity index (χ1) is 11.9. The fourth-order valence-corrected chi connectivity index (χ4v) is 2.80. The van der Waals surface area contributed by atoms with Gasteiger partial charge in [0.15, 0.2) is 12.6 Å². The van der Waals surface area contributed by atoms with Crippen LogP contribution in [0.3, 0.4) is 0 Å². The Morgan fingerprint density at radius 1 is 1.16 bits per heavy atom. The highest BCUT2D eigenvalue weighted by Crippen LogP contribution is 2.34. The normalized spacial score (nSPS) is 38.0. The minimum Gasteiger partial charge on any atom is -0.393 e. The van der Waals surface area contributed by atoms with E-state index in [4.69, 9.17) is 24.1 Å². The van der Waals surface area contributed by atoms with Crippen LogP contribution in [-0.2, 0) is 18.9 Å². The first kappa shape index (κ1) is 18.7. The molecule has 1 aromatic carbocycles. The molecule has 2 saturated heterocycles. The standard InChI is InChI=1S/C17H24O8/c1-17(21,8-18)9-23-16-13(20)12(19)14-11(24-16)7-22-15(25-14)10-5-3-2-4-6-10/h2-6,11-16,18-21H,7-9H2,1H3/t11-,12-,13-,14-,15-,16-,17-/m1/s1. The van der Waals surface area contributed by atoms with E-state index in [1.807, 2.05) is 30.3 Å². The van der Waals surface area contributed by atoms with Crippen LogP contribution in [0.1, 0.15) is 18.8 Å². The summed E-state index contributed by atoms with van der Waals surface area (Å²) in [6.45, 7) is 0.780. The molecule has 2 fully saturated rings. The van der Waals surface area contributed by atoms with Gasteiger partial charge in [0.05, 0.1) is 19.8 Å². The van der Waals surface area contributed by atoms with Crippen molar-refractivity contribution < 1.29 is 39.4 Å². The molecule has 140 valence electrons. The molecule has 2 aliphatic heterocycles. The second kappa shape index (κ2) is 7.65. The topological polar surface area (TPSA) is 118 Å². The Kier molecular flexibility index (Phi) is 5.71. The van der Waals surface area contributed by atoms with E-state index in [2.05, 4.69) is 0 Å². The third-order valence-corrected chi connectivity index (χ3v) is 4.30. The van der Waals surface area contributed by atoms with Crippen molar-refractivity contribution >= 4 is 0 Å². The Morgan fingerprint density at radius 3 is 2.56 bits per heavy atom. The largest absolute Gasteiger partial charge is 0.393 e. The molecule has 0 radical (unpaired) electrons. The molecule has 0 unspecified atom stereocenters. The summed E-state index contributed by atoms with van der Waals surface area (Å²) in [6, 6.07) is 9.28. The lowest BCUT2D eigenvalue weighted by atomic mass is 9.98. The van der Waals surface area contributed by atoms with Crippen molar-refractivity contribution in [3.05, 3.63) is 35.9 Å². The molecule has 8 nitrogen and oxygen atoms in total. The molecule has 4 N–H and O–H groups in total. The maximum Gasteiger partial charge on any atom is 0.186 e. The third kappa shape index (κ3) is 4.18. The lowest BCUT2D eigenvalue weighted by Gasteiger charge is -2.46. The molecule has 1 aromatic rings. The van der Waals surface area contributed by atoms with E-state index in [0.29, 0.717) is 0 Å². The molecule has 2 aliphatic rings. The molecule has 0 aliphatic carbocycles. The maximum atomic E-state index is 10.4. The highest BCUT2D eigenvalue weighted by molar-refractivity contribution is 5.16. The van der Waals surface area contributed by atoms with Crippen LogP contribution < -0.4 is 0 Å². The predicted octanol–water partition coefficient (Wildman–Crippen LogP) is -0.693. The molecule has 3 rings (SSSR count). The number of hydrogen-bond acceptors (Lipinski definition) is 8. The van der Waals surface area contributed by atoms with Gasteiger partial charge in [0.25, 0.3) is 0 Å². The monoisotopic (exact) mass is 356 g/mol. The number of aliphatic hydroxyl groups is 4. The zero-order valence-electron chi connectivity index (χ0n) is 13.9. The molecular weight excluding hydrogens is 332 g/mol. The Hall–Kier alpha value is -1.10. The van der Waals surface area contributed by atoms with Crippen LogP contribution in [0.5, 0.6) is 0 Å². The van der Waals surface area contributed by atoms with Crippen molar-refractivity contribution in [2.24, 2.45) is 0 Å². The van der Waals surface area contributed by atoms with E-state index in [1.165, 1.54) is 6.92 Å². The summed E-state index contributed by atoms with van der Waals surface area (Å²) in [5.74, 6) is 0. The van der Waals surface area contributed by atoms with Gasteiger partial charge in [0.2, 0.25) is 0 Å². The first-order valence-electron chi connectivity index (χ1n) is 8.20. The van der Waals surface area contributed by atoms with Gasteiger partial charge in [-0.3, -0.25) is 0 Å². The van der Waals surface area contributed by atoms with Crippen molar-refractivity contribution in [1.82, 2.24) is 0 Å². The zero-order valence-corrected chi connectivity index (χ0v) is 13.9. The Balaban J connectivity index is 1.63. The van der Waals surface area contributed by atoms with Gasteiger partial charge >= 0.3 is 0 Å². The first-order valence-corrected chi connectivity index (χ1v) is 8.20. The summed E-state index contributed by atoms with van der Waals surface area (Å²) in [4.78, 5) is 0. The summed E-state index contributed by atoms with van der Waals surface area (Å²) in [7, 11) is 0. The molecule has 7 atom stereocenters. The van der Waals surface area contributed by atoms with Crippen LogP contribution in [0.2, 0.25) is 0 Å². The molecule has 0 spiro atoms. The number of benzene rings is 1. The quantitative estimate of drug-likeness (QED) is 0.547. The van der Waals surface area contributed by atoms with Gasteiger partial charge < -0.3 is 39.4 Å². The molecule has 0 bridgehead atoms. The van der Waals surface area contributed by atoms with Crippen LogP contribution >= 0.6 is 0 Å². The summed E-state index contributed by atoms with van der Waals surface area (Å²) in [5.41, 5.74) is -0.664. The molecule has 8 heteroatoms. The van der Waals surface area contributed by atoms with Gasteiger partial charge in [0.1, 0.15) is 30.0 Å². The molecule has 0 saturated carbocycles. The third-order valence-electron chi connectivity index (χ3n) is 4.30. The summed E-state index contributed by atoms with van der Waals surface area (Å²) < 4.78 is 22.4. The van der Waals surface area contributed by atoms with E-state index in [1.54, 1.807) is 0 Å². The van der Waals surface area contributed by atoms with Crippen molar-refractivity contribution in [3.63, 3.8) is 0 Å². The average molecular weight is 356 g/mol. The summed E-state index contributed by atoms with van der Waals surface area (Å²) in [5, 5.41) is 39.4. The van der Waals surface area contributed by atoms with Gasteiger partial charge in [-0.15, -0.1) is 0 Å². The van der Waals surface area contributed by atoms with E-state index < -0.39 is 49.2 Å². The van der Waals surface area contributed by atoms with Gasteiger partial charge in [0, 0.05) is 5.56 Å². The number of rotatable bonds is 5. The van der Waals surface area contributed by atoms with Gasteiger partial charge in [-0.2, -0.15) is 0 Å². The summed E-state index contributed by atoms with van der Waals surface area (Å²) in [6.07, 6.45) is -5.80. The van der Waals surface area contributed by atoms with Crippen molar-refractivity contribution in [2.75, 3.05) is 19.8 Å². The molecule has 25 heavy (non-hydrogen) atoms. The van der Waals surface area contributed by atoms with Gasteiger partial charge in [-0.1, -0.05) is 30.3 Å². The minimum absolute atomic E-state index is 0.157. The van der Waals surface area contributed by atoms with E-state index in [9.17, 15) is 15.3 Å². The maximum absolute atomic E-state index is 10.4. The molecule has 2 heterocycles. The Labute approximate surface area is 145 Å². The zero-order chi connectivity index (χ0) is 18.0. The number of hydrogen-bond donors (Lipinski definition) is 4. The van der Waals surface area contributed by atoms with Crippen molar-refractivity contribution in [2.45, 2.75) is 49.5 Å². The van der Waals surface area contributed by atoms with Crippen LogP contribution in [0, 0.1) is 0 Å². The second-order valence-corrected chi connectivity index (χ2v) is 6.67. The Morgan fingerprint density at radius 2 is 1.88 bits per heavy atom. The fraction of sp³-hybridized carbons (Fsp3) is 0.647. The highest BCUT2D eigenvalue weighted by Gasteiger charge is 2.49. The smallest absolute Gasteiger partial charge is 0.186 e. The van der Waals surface area contributed by atoms with Gasteiger partial charge in [-0.25, -0.2) is 0 Å². The SMILES string of the molecule is C[C@@](O)(CO)CO[C@@H]1O[C@@H]2CO[C@@H](c3ccccc3)O[C@H]2[C@H](O)[C@H]1O. The van der Waals surface area contributed by atoms with Crippen LogP contribution in [0.4, 0.5) is 0 Å². The van der Waals surface area contributed by atoms with Crippen molar-refractivity contribution in [1.29, 1.82) is 0 Å². The van der Waals surface area contributed by atoms with E-state index >= 15 is 0 Å². The fourth-order valence-electron chi connectivity index (χ4n) is 2.80. The van der Waals surface area contributed by atoms with Crippen LogP contribution in [0.15, 0.2) is 30.3 Å². The number of ether oxygens (including phenoxy) is 4. The number of aliphatic hydroxyl groups excluding tert-OH is 3. The highest BCUT2D eigenvalue weighted by atomic mass is 16.8. The molecule has 0 amide bonds. The van der Waals surface area contributed by atoms with Crippen LogP contribution in [0.25, 0.3) is 0 Å². The second-order valence-electron chi connectivity index (χ2n) is 6.67. The number of fused-ring (bicyclic) bond motifs is 1. The lowest BCUT2D eigenvalue weighted by Crippen LogP contribution is -2.62. The Bertz CT molecular complexity index is 549. The van der Waals surface area contributed by atoms with E-state index in [0.717, 1.165) is 5.56 Å². The summed E-state index contributed by atoms with van der Waals surface area (Å²) >= 11 is 0.